The van der Waals surface area contributed by atoms with Crippen molar-refractivity contribution in [3.8, 4) is 67.5 Å². The maximum atomic E-state index is 5.17. The van der Waals surface area contributed by atoms with E-state index in [9.17, 15) is 0 Å². The topological polar surface area (TPSA) is 38.7 Å². The molecule has 0 spiro atoms. The molecule has 5 heteroatoms. The molecule has 0 saturated carbocycles. The Morgan fingerprint density at radius 3 is 1.25 bits per heavy atom. The van der Waals surface area contributed by atoms with Gasteiger partial charge in [0.2, 0.25) is 0 Å². The van der Waals surface area contributed by atoms with E-state index in [4.69, 9.17) is 15.0 Å². The first-order valence-electron chi connectivity index (χ1n) is 18.7. The molecular weight excluding hydrogens is 719 g/mol. The van der Waals surface area contributed by atoms with Gasteiger partial charge in [-0.05, 0) is 63.7 Å². The highest BCUT2D eigenvalue weighted by Gasteiger charge is 2.17. The van der Waals surface area contributed by atoms with E-state index in [1.165, 1.54) is 57.0 Å². The van der Waals surface area contributed by atoms with Gasteiger partial charge in [0, 0.05) is 57.0 Å². The fourth-order valence-corrected chi connectivity index (χ4v) is 10.1. The molecule has 56 heavy (non-hydrogen) atoms. The van der Waals surface area contributed by atoms with Gasteiger partial charge in [-0.2, -0.15) is 0 Å². The van der Waals surface area contributed by atoms with Gasteiger partial charge in [0.05, 0.1) is 0 Å². The monoisotopic (exact) mass is 749 g/mol. The highest BCUT2D eigenvalue weighted by molar-refractivity contribution is 7.26. The minimum atomic E-state index is 0.638. The number of fused-ring (bicyclic) bond motifs is 6. The molecule has 0 saturated heterocycles. The van der Waals surface area contributed by atoms with Crippen molar-refractivity contribution in [2.24, 2.45) is 0 Å². The van der Waals surface area contributed by atoms with E-state index >= 15 is 0 Å². The molecule has 0 N–H and O–H groups in total. The summed E-state index contributed by atoms with van der Waals surface area (Å²) in [5, 5.41) is 5.16. The Morgan fingerprint density at radius 1 is 0.268 bits per heavy atom. The number of nitrogens with zero attached hydrogens (tertiary/aromatic N) is 3. The molecule has 262 valence electrons. The maximum absolute atomic E-state index is 5.17. The fourth-order valence-electron chi connectivity index (χ4n) is 7.86. The summed E-state index contributed by atoms with van der Waals surface area (Å²) in [5.41, 5.74) is 9.87. The SMILES string of the molecule is c1ccc(-c2ccc(-c3nc(-c4ccc(-c5cccc6sc7ccccc7c56)cc4)nc(-c4cccc(-c5cccc6sc7ccccc7c56)c4)n3)cc2)cc1. The molecule has 11 aromatic rings. The highest BCUT2D eigenvalue weighted by atomic mass is 32.1. The lowest BCUT2D eigenvalue weighted by atomic mass is 9.97. The van der Waals surface area contributed by atoms with E-state index in [1.807, 2.05) is 28.7 Å². The second-order valence-corrected chi connectivity index (χ2v) is 16.1. The molecule has 3 nitrogen and oxygen atoms in total. The lowest BCUT2D eigenvalue weighted by molar-refractivity contribution is 1.07. The molecule has 0 atom stereocenters. The fraction of sp³-hybridized carbons (Fsp3) is 0. The molecule has 8 aromatic carbocycles. The Kier molecular flexibility index (Phi) is 7.87. The lowest BCUT2D eigenvalue weighted by Gasteiger charge is -2.11. The summed E-state index contributed by atoms with van der Waals surface area (Å²) in [5.74, 6) is 1.92. The van der Waals surface area contributed by atoms with Crippen LogP contribution >= 0.6 is 22.7 Å². The van der Waals surface area contributed by atoms with E-state index in [1.54, 1.807) is 0 Å². The second kappa shape index (κ2) is 13.5. The summed E-state index contributed by atoms with van der Waals surface area (Å²) in [6, 6.07) is 66.8. The number of benzene rings is 8. The van der Waals surface area contributed by atoms with Crippen LogP contribution in [0, 0.1) is 0 Å². The lowest BCUT2D eigenvalue weighted by Crippen LogP contribution is -2.00. The number of hydrogen-bond donors (Lipinski definition) is 0. The van der Waals surface area contributed by atoms with Crippen LogP contribution in [0.5, 0.6) is 0 Å². The summed E-state index contributed by atoms with van der Waals surface area (Å²) in [4.78, 5) is 15.4. The first-order chi connectivity index (χ1) is 27.7. The van der Waals surface area contributed by atoms with E-state index in [2.05, 4.69) is 182 Å². The third-order valence-corrected chi connectivity index (χ3v) is 12.8. The maximum Gasteiger partial charge on any atom is 0.164 e. The van der Waals surface area contributed by atoms with Gasteiger partial charge in [-0.1, -0.05) is 158 Å². The Balaban J connectivity index is 1.03. The predicted octanol–water partition coefficient (Wildman–Crippen LogP) is 14.6. The van der Waals surface area contributed by atoms with Crippen LogP contribution in [-0.2, 0) is 0 Å². The van der Waals surface area contributed by atoms with Crippen molar-refractivity contribution in [2.75, 3.05) is 0 Å². The van der Waals surface area contributed by atoms with Crippen molar-refractivity contribution in [3.05, 3.63) is 188 Å². The van der Waals surface area contributed by atoms with Crippen LogP contribution < -0.4 is 0 Å². The van der Waals surface area contributed by atoms with E-state index in [0.29, 0.717) is 17.5 Å². The average molecular weight is 750 g/mol. The Bertz CT molecular complexity index is 3230. The van der Waals surface area contributed by atoms with Crippen LogP contribution in [0.15, 0.2) is 188 Å². The van der Waals surface area contributed by atoms with Gasteiger partial charge >= 0.3 is 0 Å². The van der Waals surface area contributed by atoms with Crippen molar-refractivity contribution in [3.63, 3.8) is 0 Å². The number of thiophene rings is 2. The van der Waals surface area contributed by atoms with Gasteiger partial charge in [0.1, 0.15) is 0 Å². The molecule has 0 aliphatic carbocycles. The normalized spacial score (nSPS) is 11.6. The Morgan fingerprint density at radius 2 is 0.661 bits per heavy atom. The van der Waals surface area contributed by atoms with Gasteiger partial charge in [-0.3, -0.25) is 0 Å². The summed E-state index contributed by atoms with van der Waals surface area (Å²) in [6.45, 7) is 0. The molecule has 11 rings (SSSR count). The summed E-state index contributed by atoms with van der Waals surface area (Å²) >= 11 is 3.68. The van der Waals surface area contributed by atoms with Crippen molar-refractivity contribution < 1.29 is 0 Å². The van der Waals surface area contributed by atoms with Crippen LogP contribution in [0.1, 0.15) is 0 Å². The molecule has 0 amide bonds. The molecule has 0 fully saturated rings. The molecule has 3 heterocycles. The molecule has 3 aromatic heterocycles. The predicted molar refractivity (Wildman–Crippen MR) is 238 cm³/mol. The Labute approximate surface area is 331 Å². The molecule has 0 aliphatic heterocycles. The smallest absolute Gasteiger partial charge is 0.164 e. The summed E-state index contributed by atoms with van der Waals surface area (Å²) in [7, 11) is 0. The van der Waals surface area contributed by atoms with Crippen molar-refractivity contribution in [1.29, 1.82) is 0 Å². The van der Waals surface area contributed by atoms with Crippen LogP contribution in [0.3, 0.4) is 0 Å². The third kappa shape index (κ3) is 5.68. The molecular formula is C51H31N3S2. The first-order valence-corrected chi connectivity index (χ1v) is 20.3. The Hall–Kier alpha value is -6.79. The molecule has 0 radical (unpaired) electrons. The van der Waals surface area contributed by atoms with Crippen molar-refractivity contribution >= 4 is 63.0 Å². The van der Waals surface area contributed by atoms with Gasteiger partial charge in [0.25, 0.3) is 0 Å². The average Bonchev–Trinajstić information content (AvgIpc) is 3.86. The van der Waals surface area contributed by atoms with E-state index in [-0.39, 0.29) is 0 Å². The zero-order valence-electron chi connectivity index (χ0n) is 30.1. The van der Waals surface area contributed by atoms with Gasteiger partial charge in [0.15, 0.2) is 17.5 Å². The minimum absolute atomic E-state index is 0.638. The van der Waals surface area contributed by atoms with Crippen LogP contribution in [0.4, 0.5) is 0 Å². The van der Waals surface area contributed by atoms with E-state index in [0.717, 1.165) is 33.4 Å². The molecule has 0 unspecified atom stereocenters. The van der Waals surface area contributed by atoms with Crippen molar-refractivity contribution in [1.82, 2.24) is 15.0 Å². The number of aromatic nitrogens is 3. The number of hydrogen-bond acceptors (Lipinski definition) is 5. The summed E-state index contributed by atoms with van der Waals surface area (Å²) < 4.78 is 5.17. The zero-order chi connectivity index (χ0) is 37.0. The van der Waals surface area contributed by atoms with Crippen LogP contribution in [0.25, 0.3) is 108 Å². The first kappa shape index (κ1) is 32.6. The molecule has 0 bridgehead atoms. The second-order valence-electron chi connectivity index (χ2n) is 14.0. The summed E-state index contributed by atoms with van der Waals surface area (Å²) in [6.07, 6.45) is 0. The minimum Gasteiger partial charge on any atom is -0.208 e. The molecule has 0 aliphatic rings. The van der Waals surface area contributed by atoms with Crippen LogP contribution in [0.2, 0.25) is 0 Å². The van der Waals surface area contributed by atoms with E-state index < -0.39 is 0 Å². The van der Waals surface area contributed by atoms with Crippen molar-refractivity contribution in [2.45, 2.75) is 0 Å². The van der Waals surface area contributed by atoms with Gasteiger partial charge < -0.3 is 0 Å². The standard InChI is InChI=1S/C51H31N3S2/c1-2-11-32(12-3-1)33-23-27-35(28-24-33)49-52-50(36-29-25-34(26-30-36)39-17-9-21-45-47(39)41-15-4-6-19-43(41)55-45)54-51(53-49)38-14-8-13-37(31-38)40-18-10-22-46-48(40)42-16-5-7-20-44(42)56-46/h1-31H. The largest absolute Gasteiger partial charge is 0.208 e. The number of rotatable bonds is 6. The third-order valence-electron chi connectivity index (χ3n) is 10.6. The van der Waals surface area contributed by atoms with Gasteiger partial charge in [-0.25, -0.2) is 15.0 Å². The highest BCUT2D eigenvalue weighted by Crippen LogP contribution is 2.42. The zero-order valence-corrected chi connectivity index (χ0v) is 31.7. The van der Waals surface area contributed by atoms with Crippen LogP contribution in [-0.4, -0.2) is 15.0 Å². The quantitative estimate of drug-likeness (QED) is 0.170. The van der Waals surface area contributed by atoms with Gasteiger partial charge in [-0.15, -0.1) is 22.7 Å².